The van der Waals surface area contributed by atoms with Gasteiger partial charge in [-0.3, -0.25) is 14.5 Å². The van der Waals surface area contributed by atoms with Gasteiger partial charge < -0.3 is 20.7 Å². The molecule has 1 saturated carbocycles. The van der Waals surface area contributed by atoms with Gasteiger partial charge in [-0.05, 0) is 56.0 Å². The molecule has 6 rings (SSSR count). The van der Waals surface area contributed by atoms with Crippen LogP contribution in [0, 0.1) is 6.92 Å². The second kappa shape index (κ2) is 10.4. The molecule has 1 fully saturated rings. The third-order valence-electron chi connectivity index (χ3n) is 7.02. The van der Waals surface area contributed by atoms with Gasteiger partial charge in [0.15, 0.2) is 0 Å². The molecule has 1 aliphatic carbocycles. The summed E-state index contributed by atoms with van der Waals surface area (Å²) >= 11 is 1.23. The van der Waals surface area contributed by atoms with Crippen LogP contribution in [0.5, 0.6) is 11.6 Å². The Balaban J connectivity index is 1.27. The summed E-state index contributed by atoms with van der Waals surface area (Å²) in [6.45, 7) is 5.37. The van der Waals surface area contributed by atoms with Gasteiger partial charge in [0.25, 0.3) is 5.91 Å². The number of nitrogens with one attached hydrogen (secondary N) is 3. The van der Waals surface area contributed by atoms with Gasteiger partial charge in [-0.15, -0.1) is 11.3 Å². The van der Waals surface area contributed by atoms with Crippen molar-refractivity contribution in [3.63, 3.8) is 0 Å². The van der Waals surface area contributed by atoms with Crippen molar-refractivity contribution in [1.82, 2.24) is 20.6 Å². The monoisotopic (exact) mass is 554 g/mol. The summed E-state index contributed by atoms with van der Waals surface area (Å²) in [4.78, 5) is 49.9. The highest BCUT2D eigenvalue weighted by Crippen LogP contribution is 2.46. The standard InChI is InChI=1S/C29H26N6O4S/c1-3-22(36)32-17-9-10-18(14-17)33-27(37)26-25-24-20(11-12-30-28(24)40-26)35(29(38)34-25)21-15-31-23(13-16(21)2)39-19-7-5-4-6-8-19/h3-8,11-13,15,17-18H,1,9-10,14H2,2H3,(H,32,36)(H,33,37)(H,34,38)/t17-,18-/m0/s1. The van der Waals surface area contributed by atoms with Crippen molar-refractivity contribution in [3.8, 4) is 11.6 Å². The summed E-state index contributed by atoms with van der Waals surface area (Å²) in [7, 11) is 0. The Morgan fingerprint density at radius 3 is 2.65 bits per heavy atom. The molecule has 2 atom stereocenters. The van der Waals surface area contributed by atoms with Crippen LogP contribution >= 0.6 is 11.3 Å². The SMILES string of the molecule is C=CC(=O)N[C@H]1CC[C@H](NC(=O)c2sc3nccc4c3c2NC(=O)N4c2cnc(Oc3ccccc3)cc2C)C1. The van der Waals surface area contributed by atoms with E-state index in [1.54, 1.807) is 29.4 Å². The fourth-order valence-corrected chi connectivity index (χ4v) is 6.18. The molecule has 4 heterocycles. The molecule has 4 amide bonds. The van der Waals surface area contributed by atoms with E-state index in [9.17, 15) is 14.4 Å². The number of anilines is 3. The molecule has 3 N–H and O–H groups in total. The Morgan fingerprint density at radius 1 is 1.12 bits per heavy atom. The summed E-state index contributed by atoms with van der Waals surface area (Å²) in [6, 6.07) is 12.4. The normalized spacial score (nSPS) is 17.8. The number of urea groups is 1. The molecule has 40 heavy (non-hydrogen) atoms. The molecule has 1 aliphatic heterocycles. The van der Waals surface area contributed by atoms with Crippen LogP contribution < -0.4 is 25.6 Å². The zero-order valence-electron chi connectivity index (χ0n) is 21.6. The van der Waals surface area contributed by atoms with Crippen molar-refractivity contribution in [2.45, 2.75) is 38.3 Å². The lowest BCUT2D eigenvalue weighted by atomic mass is 10.1. The van der Waals surface area contributed by atoms with Crippen LogP contribution in [0.15, 0.2) is 67.5 Å². The van der Waals surface area contributed by atoms with Gasteiger partial charge in [0.1, 0.15) is 15.5 Å². The molecule has 0 unspecified atom stereocenters. The predicted octanol–water partition coefficient (Wildman–Crippen LogP) is 5.43. The van der Waals surface area contributed by atoms with E-state index in [1.165, 1.54) is 17.4 Å². The van der Waals surface area contributed by atoms with E-state index in [0.29, 0.717) is 50.2 Å². The van der Waals surface area contributed by atoms with Gasteiger partial charge in [-0.25, -0.2) is 14.8 Å². The molecule has 1 aromatic carbocycles. The first-order valence-electron chi connectivity index (χ1n) is 12.9. The minimum Gasteiger partial charge on any atom is -0.439 e. The number of amides is 4. The second-order valence-corrected chi connectivity index (χ2v) is 10.7. The van der Waals surface area contributed by atoms with Crippen LogP contribution in [0.3, 0.4) is 0 Å². The Kier molecular flexibility index (Phi) is 6.64. The highest BCUT2D eigenvalue weighted by Gasteiger charge is 2.35. The van der Waals surface area contributed by atoms with Crippen molar-refractivity contribution < 1.29 is 19.1 Å². The zero-order chi connectivity index (χ0) is 27.8. The number of hydrogen-bond donors (Lipinski definition) is 3. The minimum absolute atomic E-state index is 0.0144. The summed E-state index contributed by atoms with van der Waals surface area (Å²) in [6.07, 6.45) is 6.62. The Bertz CT molecular complexity index is 1650. The number of carbonyl (C=O) groups excluding carboxylic acids is 3. The van der Waals surface area contributed by atoms with Gasteiger partial charge in [0.2, 0.25) is 11.8 Å². The summed E-state index contributed by atoms with van der Waals surface area (Å²) in [5.74, 6) is 0.578. The van der Waals surface area contributed by atoms with E-state index >= 15 is 0 Å². The predicted molar refractivity (Wildman–Crippen MR) is 154 cm³/mol. The molecule has 11 heteroatoms. The fraction of sp³-hybridized carbons (Fsp3) is 0.207. The maximum absolute atomic E-state index is 13.5. The highest BCUT2D eigenvalue weighted by atomic mass is 32.1. The lowest BCUT2D eigenvalue weighted by Crippen LogP contribution is -2.37. The fourth-order valence-electron chi connectivity index (χ4n) is 5.16. The molecule has 3 aromatic heterocycles. The Labute approximate surface area is 234 Å². The molecule has 0 bridgehead atoms. The van der Waals surface area contributed by atoms with E-state index in [0.717, 1.165) is 18.4 Å². The van der Waals surface area contributed by atoms with Crippen molar-refractivity contribution >= 4 is 56.5 Å². The van der Waals surface area contributed by atoms with Gasteiger partial charge >= 0.3 is 6.03 Å². The number of aryl methyl sites for hydroxylation is 1. The third-order valence-corrected chi connectivity index (χ3v) is 8.11. The van der Waals surface area contributed by atoms with Crippen LogP contribution in [0.4, 0.5) is 21.9 Å². The van der Waals surface area contributed by atoms with Gasteiger partial charge in [0.05, 0.1) is 28.6 Å². The minimum atomic E-state index is -0.401. The van der Waals surface area contributed by atoms with Crippen LogP contribution in [0.2, 0.25) is 0 Å². The van der Waals surface area contributed by atoms with E-state index < -0.39 is 6.03 Å². The molecule has 0 radical (unpaired) electrons. The summed E-state index contributed by atoms with van der Waals surface area (Å²) in [5.41, 5.74) is 2.45. The van der Waals surface area contributed by atoms with Gasteiger partial charge in [-0.2, -0.15) is 0 Å². The number of aromatic nitrogens is 2. The first kappa shape index (κ1) is 25.5. The Morgan fingerprint density at radius 2 is 1.90 bits per heavy atom. The number of rotatable bonds is 7. The summed E-state index contributed by atoms with van der Waals surface area (Å²) in [5, 5.41) is 9.57. The maximum atomic E-state index is 13.5. The summed E-state index contributed by atoms with van der Waals surface area (Å²) < 4.78 is 5.85. The van der Waals surface area contributed by atoms with Crippen molar-refractivity contribution in [2.24, 2.45) is 0 Å². The smallest absolute Gasteiger partial charge is 0.331 e. The highest BCUT2D eigenvalue weighted by molar-refractivity contribution is 7.21. The third kappa shape index (κ3) is 4.75. The first-order valence-corrected chi connectivity index (χ1v) is 13.7. The number of nitrogens with zero attached hydrogens (tertiary/aromatic N) is 3. The number of pyridine rings is 2. The molecular weight excluding hydrogens is 528 g/mol. The number of hydrogen-bond acceptors (Lipinski definition) is 7. The van der Waals surface area contributed by atoms with Gasteiger partial charge in [0, 0.05) is 24.3 Å². The zero-order valence-corrected chi connectivity index (χ0v) is 22.5. The first-order chi connectivity index (χ1) is 19.4. The molecule has 202 valence electrons. The lowest BCUT2D eigenvalue weighted by molar-refractivity contribution is -0.117. The average Bonchev–Trinajstić information content (AvgIpc) is 3.55. The molecule has 2 aliphatic rings. The molecule has 0 saturated heterocycles. The van der Waals surface area contributed by atoms with Crippen molar-refractivity contribution in [3.05, 3.63) is 78.0 Å². The van der Waals surface area contributed by atoms with Crippen LogP contribution in [0.25, 0.3) is 10.2 Å². The largest absolute Gasteiger partial charge is 0.439 e. The van der Waals surface area contributed by atoms with Crippen molar-refractivity contribution in [2.75, 3.05) is 10.2 Å². The molecule has 4 aromatic rings. The molecule has 0 spiro atoms. The number of ether oxygens (including phenoxy) is 1. The molecular formula is C29H26N6O4S. The maximum Gasteiger partial charge on any atom is 0.331 e. The van der Waals surface area contributed by atoms with E-state index in [1.807, 2.05) is 37.3 Å². The second-order valence-electron chi connectivity index (χ2n) is 9.70. The van der Waals surface area contributed by atoms with Crippen LogP contribution in [-0.2, 0) is 4.79 Å². The van der Waals surface area contributed by atoms with E-state index in [-0.39, 0.29) is 23.9 Å². The number of para-hydroxylation sites is 1. The van der Waals surface area contributed by atoms with Gasteiger partial charge in [-0.1, -0.05) is 24.8 Å². The number of benzene rings is 1. The van der Waals surface area contributed by atoms with E-state index in [2.05, 4.69) is 32.5 Å². The van der Waals surface area contributed by atoms with E-state index in [4.69, 9.17) is 4.74 Å². The van der Waals surface area contributed by atoms with Crippen LogP contribution in [-0.4, -0.2) is 39.9 Å². The number of carbonyl (C=O) groups is 3. The lowest BCUT2D eigenvalue weighted by Gasteiger charge is -2.29. The molecule has 10 nitrogen and oxygen atoms in total. The Hall–Kier alpha value is -4.77. The topological polar surface area (TPSA) is 126 Å². The average molecular weight is 555 g/mol. The number of thiophene rings is 1. The van der Waals surface area contributed by atoms with Crippen LogP contribution in [0.1, 0.15) is 34.5 Å². The van der Waals surface area contributed by atoms with Crippen molar-refractivity contribution in [1.29, 1.82) is 0 Å². The quantitative estimate of drug-likeness (QED) is 0.262.